The Kier molecular flexibility index (Phi) is 7.19. The van der Waals surface area contributed by atoms with Gasteiger partial charge in [0.25, 0.3) is 0 Å². The number of para-hydroxylation sites is 3. The summed E-state index contributed by atoms with van der Waals surface area (Å²) in [5.74, 6) is 3.25. The van der Waals surface area contributed by atoms with Gasteiger partial charge in [0, 0.05) is 46.5 Å². The molecule has 3 aromatic carbocycles. The summed E-state index contributed by atoms with van der Waals surface area (Å²) in [5, 5.41) is 0. The molecule has 0 fully saturated rings. The van der Waals surface area contributed by atoms with Gasteiger partial charge >= 0.3 is 0 Å². The van der Waals surface area contributed by atoms with Crippen molar-refractivity contribution < 1.29 is 9.15 Å². The van der Waals surface area contributed by atoms with E-state index in [2.05, 4.69) is 107 Å². The molecule has 0 spiro atoms. The van der Waals surface area contributed by atoms with Crippen molar-refractivity contribution in [1.29, 1.82) is 0 Å². The monoisotopic (exact) mass is 664 g/mol. The summed E-state index contributed by atoms with van der Waals surface area (Å²) in [7, 11) is 0. The predicted molar refractivity (Wildman–Crippen MR) is 202 cm³/mol. The van der Waals surface area contributed by atoms with E-state index in [9.17, 15) is 0 Å². The Labute approximate surface area is 296 Å². The normalized spacial score (nSPS) is 19.6. The second-order valence-corrected chi connectivity index (χ2v) is 13.6. The Balaban J connectivity index is 0.959. The first-order valence-electron chi connectivity index (χ1n) is 17.9. The maximum atomic E-state index is 6.26. The third-order valence-electron chi connectivity index (χ3n) is 10.6. The van der Waals surface area contributed by atoms with E-state index in [1.165, 1.54) is 22.4 Å². The summed E-state index contributed by atoms with van der Waals surface area (Å²) < 4.78 is 14.5. The number of pyridine rings is 1. The predicted octanol–water partition coefficient (Wildman–Crippen LogP) is 11.0. The fraction of sp³-hybridized carbons (Fsp3) is 0.156. The zero-order valence-electron chi connectivity index (χ0n) is 28.2. The summed E-state index contributed by atoms with van der Waals surface area (Å²) in [6, 6.07) is 31.4. The summed E-state index contributed by atoms with van der Waals surface area (Å²) in [4.78, 5) is 12.1. The molecule has 0 saturated carbocycles. The molecule has 1 unspecified atom stereocenters. The molecule has 6 aromatic rings. The minimum absolute atomic E-state index is 0.0950. The Morgan fingerprint density at radius 1 is 0.784 bits per heavy atom. The Morgan fingerprint density at radius 3 is 2.51 bits per heavy atom. The van der Waals surface area contributed by atoms with E-state index >= 15 is 0 Å². The van der Waals surface area contributed by atoms with Crippen LogP contribution in [0.5, 0.6) is 5.75 Å². The van der Waals surface area contributed by atoms with Gasteiger partial charge in [-0.25, -0.2) is 9.97 Å². The van der Waals surface area contributed by atoms with Crippen LogP contribution in [-0.2, 0) is 0 Å². The van der Waals surface area contributed by atoms with Crippen LogP contribution in [0.25, 0.3) is 28.0 Å². The first-order valence-corrected chi connectivity index (χ1v) is 17.9. The van der Waals surface area contributed by atoms with Crippen molar-refractivity contribution in [1.82, 2.24) is 14.4 Å². The molecular weight excluding hydrogens is 629 g/mol. The highest BCUT2D eigenvalue weighted by atomic mass is 16.5. The van der Waals surface area contributed by atoms with Gasteiger partial charge in [0.05, 0.1) is 11.6 Å². The molecule has 0 amide bonds. The first-order chi connectivity index (χ1) is 25.2. The summed E-state index contributed by atoms with van der Waals surface area (Å²) >= 11 is 0. The van der Waals surface area contributed by atoms with Crippen molar-refractivity contribution in [3.05, 3.63) is 186 Å². The lowest BCUT2D eigenvalue weighted by molar-refractivity contribution is 0.425. The molecule has 0 N–H and O–H groups in total. The highest BCUT2D eigenvalue weighted by Crippen LogP contribution is 2.47. The second-order valence-electron chi connectivity index (χ2n) is 13.6. The number of rotatable bonds is 6. The van der Waals surface area contributed by atoms with Crippen molar-refractivity contribution in [2.45, 2.75) is 43.9 Å². The Hall–Kier alpha value is -6.14. The minimum Gasteiger partial charge on any atom is -0.461 e. The fourth-order valence-electron chi connectivity index (χ4n) is 7.91. The van der Waals surface area contributed by atoms with E-state index in [1.807, 2.05) is 48.7 Å². The molecule has 2 atom stereocenters. The highest BCUT2D eigenvalue weighted by Gasteiger charge is 2.32. The number of anilines is 1. The molecule has 6 nitrogen and oxygen atoms in total. The van der Waals surface area contributed by atoms with Crippen molar-refractivity contribution in [2.75, 3.05) is 4.90 Å². The molecule has 0 radical (unpaired) electrons. The average Bonchev–Trinajstić information content (AvgIpc) is 3.87. The number of hydrogen-bond donors (Lipinski definition) is 0. The van der Waals surface area contributed by atoms with Crippen LogP contribution in [0.3, 0.4) is 0 Å². The molecule has 3 aliphatic carbocycles. The molecule has 4 aliphatic rings. The van der Waals surface area contributed by atoms with Gasteiger partial charge in [-0.2, -0.15) is 0 Å². The lowest BCUT2D eigenvalue weighted by Gasteiger charge is -2.32. The van der Waals surface area contributed by atoms with Crippen LogP contribution in [0.2, 0.25) is 0 Å². The van der Waals surface area contributed by atoms with E-state index in [0.717, 1.165) is 88.9 Å². The van der Waals surface area contributed by atoms with Crippen LogP contribution in [0, 0.1) is 0 Å². The van der Waals surface area contributed by atoms with E-state index in [4.69, 9.17) is 19.1 Å². The van der Waals surface area contributed by atoms with Gasteiger partial charge in [0.15, 0.2) is 5.58 Å². The summed E-state index contributed by atoms with van der Waals surface area (Å²) in [6.07, 6.45) is 24.9. The quantitative estimate of drug-likeness (QED) is 0.177. The molecule has 248 valence electrons. The van der Waals surface area contributed by atoms with Gasteiger partial charge in [-0.15, -0.1) is 0 Å². The third kappa shape index (κ3) is 5.44. The average molecular weight is 665 g/mol. The maximum absolute atomic E-state index is 6.26. The number of benzene rings is 3. The second kappa shape index (κ2) is 12.3. The number of nitrogens with zero attached hydrogens (tertiary/aromatic N) is 4. The maximum Gasteiger partial charge on any atom is 0.202 e. The molecule has 51 heavy (non-hydrogen) atoms. The van der Waals surface area contributed by atoms with E-state index in [0.29, 0.717) is 0 Å². The zero-order valence-corrected chi connectivity index (χ0v) is 28.2. The number of ether oxygens (including phenoxy) is 1. The van der Waals surface area contributed by atoms with Crippen molar-refractivity contribution in [2.24, 2.45) is 0 Å². The Morgan fingerprint density at radius 2 is 1.67 bits per heavy atom. The van der Waals surface area contributed by atoms with Gasteiger partial charge < -0.3 is 18.5 Å². The standard InChI is InChI=1S/C45H36N4O2/c1-3-11-41-37(9-1)38-28-33(8-7-13-42(38)50-41)30-15-21-34(22-16-30)49(35-23-17-31(18-24-35)40-29-48-27-6-5-14-44(48)46-40)36-25-19-32(20-26-36)45-47-39-10-2-4-12-43(39)51-45/h1-6,8-15,17-19,21,23-27,29,32,38H,7,16,20,22,28H2/t32-,38?/m0/s1. The SMILES string of the molecule is C1=C[C@H](c2nc3ccccc3o2)CC=C1N(C1=CC=C(C2=CCC=C3Oc4ccccc4C3C2)CC1)c1ccc(-c2cn3ccccc3n2)cc1. The lowest BCUT2D eigenvalue weighted by atomic mass is 9.86. The van der Waals surface area contributed by atoms with Gasteiger partial charge in [-0.05, 0) is 104 Å². The van der Waals surface area contributed by atoms with Crippen LogP contribution in [-0.4, -0.2) is 14.4 Å². The van der Waals surface area contributed by atoms with E-state index < -0.39 is 0 Å². The number of aromatic nitrogens is 3. The zero-order chi connectivity index (χ0) is 33.7. The summed E-state index contributed by atoms with van der Waals surface area (Å²) in [6.45, 7) is 0. The van der Waals surface area contributed by atoms with Crippen molar-refractivity contribution in [3.63, 3.8) is 0 Å². The molecular formula is C45H36N4O2. The lowest BCUT2D eigenvalue weighted by Crippen LogP contribution is -2.23. The highest BCUT2D eigenvalue weighted by molar-refractivity contribution is 5.73. The number of fused-ring (bicyclic) bond motifs is 5. The smallest absolute Gasteiger partial charge is 0.202 e. The molecule has 3 aromatic heterocycles. The van der Waals surface area contributed by atoms with Gasteiger partial charge in [0.1, 0.15) is 22.7 Å². The van der Waals surface area contributed by atoms with Gasteiger partial charge in [-0.1, -0.05) is 72.8 Å². The molecule has 0 saturated heterocycles. The fourth-order valence-corrected chi connectivity index (χ4v) is 7.91. The number of hydrogen-bond acceptors (Lipinski definition) is 5. The molecule has 1 aliphatic heterocycles. The van der Waals surface area contributed by atoms with E-state index in [1.54, 1.807) is 0 Å². The first kappa shape index (κ1) is 29.7. The molecule has 10 rings (SSSR count). The minimum atomic E-state index is 0.0950. The molecule has 4 heterocycles. The number of oxazole rings is 1. The van der Waals surface area contributed by atoms with Crippen LogP contribution in [0.4, 0.5) is 5.69 Å². The van der Waals surface area contributed by atoms with Crippen molar-refractivity contribution in [3.8, 4) is 17.0 Å². The number of imidazole rings is 1. The largest absolute Gasteiger partial charge is 0.461 e. The molecule has 6 heteroatoms. The van der Waals surface area contributed by atoms with Gasteiger partial charge in [0.2, 0.25) is 5.89 Å². The van der Waals surface area contributed by atoms with Crippen LogP contribution in [0.1, 0.15) is 55.4 Å². The Bertz CT molecular complexity index is 2440. The van der Waals surface area contributed by atoms with Crippen molar-refractivity contribution >= 4 is 22.4 Å². The van der Waals surface area contributed by atoms with E-state index in [-0.39, 0.29) is 11.8 Å². The number of allylic oxidation sites excluding steroid dienone is 11. The topological polar surface area (TPSA) is 55.8 Å². The van der Waals surface area contributed by atoms with Gasteiger partial charge in [-0.3, -0.25) is 0 Å². The summed E-state index contributed by atoms with van der Waals surface area (Å²) in [5.41, 5.74) is 12.5. The van der Waals surface area contributed by atoms with Crippen LogP contribution < -0.4 is 9.64 Å². The van der Waals surface area contributed by atoms with Crippen LogP contribution in [0.15, 0.2) is 179 Å². The molecule has 0 bridgehead atoms. The van der Waals surface area contributed by atoms with Crippen LogP contribution >= 0.6 is 0 Å². The third-order valence-corrected chi connectivity index (χ3v) is 10.6.